The number of halogens is 1. The number of para-hydroxylation sites is 1. The Morgan fingerprint density at radius 1 is 0.933 bits per heavy atom. The SMILES string of the molecule is COc1ccc(C(=O)c2oc3ccccc3c2NC(=O)c2ccc(Br)o2)cc1OC. The van der Waals surface area contributed by atoms with Crippen LogP contribution in [0.25, 0.3) is 11.0 Å². The van der Waals surface area contributed by atoms with E-state index in [0.717, 1.165) is 0 Å². The van der Waals surface area contributed by atoms with Gasteiger partial charge >= 0.3 is 0 Å². The standard InChI is InChI=1S/C22H16BrNO6/c1-27-15-8-7-12(11-17(15)28-2)20(25)21-19(13-5-3-4-6-14(13)30-21)24-22(26)16-9-10-18(23)29-16/h3-11H,1-2H3,(H,24,26). The van der Waals surface area contributed by atoms with Gasteiger partial charge in [0.25, 0.3) is 5.91 Å². The minimum atomic E-state index is -0.506. The van der Waals surface area contributed by atoms with Gasteiger partial charge in [-0.3, -0.25) is 9.59 Å². The van der Waals surface area contributed by atoms with Gasteiger partial charge in [-0.2, -0.15) is 0 Å². The molecule has 30 heavy (non-hydrogen) atoms. The van der Waals surface area contributed by atoms with E-state index in [1.54, 1.807) is 48.5 Å². The Morgan fingerprint density at radius 3 is 2.40 bits per heavy atom. The van der Waals surface area contributed by atoms with Gasteiger partial charge in [-0.1, -0.05) is 12.1 Å². The molecule has 0 fully saturated rings. The van der Waals surface area contributed by atoms with Crippen LogP contribution in [0.4, 0.5) is 5.69 Å². The van der Waals surface area contributed by atoms with Gasteiger partial charge in [-0.15, -0.1) is 0 Å². The van der Waals surface area contributed by atoms with Gasteiger partial charge in [0.05, 0.1) is 19.9 Å². The van der Waals surface area contributed by atoms with Crippen LogP contribution in [-0.4, -0.2) is 25.9 Å². The first-order valence-electron chi connectivity index (χ1n) is 8.86. The molecular formula is C22H16BrNO6. The van der Waals surface area contributed by atoms with Crippen molar-refractivity contribution in [3.63, 3.8) is 0 Å². The van der Waals surface area contributed by atoms with Crippen LogP contribution in [0.1, 0.15) is 26.7 Å². The zero-order chi connectivity index (χ0) is 21.3. The van der Waals surface area contributed by atoms with Crippen molar-refractivity contribution in [1.82, 2.24) is 0 Å². The molecular weight excluding hydrogens is 454 g/mol. The maximum Gasteiger partial charge on any atom is 0.291 e. The number of hydrogen-bond acceptors (Lipinski definition) is 6. The molecule has 7 nitrogen and oxygen atoms in total. The average molecular weight is 470 g/mol. The Balaban J connectivity index is 1.78. The summed E-state index contributed by atoms with van der Waals surface area (Å²) in [4.78, 5) is 25.9. The van der Waals surface area contributed by atoms with Crippen molar-refractivity contribution in [3.05, 3.63) is 76.4 Å². The van der Waals surface area contributed by atoms with Gasteiger partial charge in [0.15, 0.2) is 27.7 Å². The average Bonchev–Trinajstić information content (AvgIpc) is 3.36. The van der Waals surface area contributed by atoms with Crippen LogP contribution in [0.2, 0.25) is 0 Å². The van der Waals surface area contributed by atoms with Gasteiger partial charge in [-0.25, -0.2) is 0 Å². The maximum absolute atomic E-state index is 13.3. The molecule has 4 aromatic rings. The van der Waals surface area contributed by atoms with Crippen molar-refractivity contribution in [2.24, 2.45) is 0 Å². The highest BCUT2D eigenvalue weighted by molar-refractivity contribution is 9.10. The van der Waals surface area contributed by atoms with E-state index in [4.69, 9.17) is 18.3 Å². The molecule has 2 aromatic heterocycles. The smallest absolute Gasteiger partial charge is 0.291 e. The number of benzene rings is 2. The summed E-state index contributed by atoms with van der Waals surface area (Å²) < 4.78 is 22.0. The molecule has 2 heterocycles. The fraction of sp³-hybridized carbons (Fsp3) is 0.0909. The number of hydrogen-bond donors (Lipinski definition) is 1. The maximum atomic E-state index is 13.3. The summed E-state index contributed by atoms with van der Waals surface area (Å²) in [5.74, 6) is 0.0804. The van der Waals surface area contributed by atoms with E-state index < -0.39 is 11.7 Å². The van der Waals surface area contributed by atoms with Crippen LogP contribution in [0.3, 0.4) is 0 Å². The third-order valence-corrected chi connectivity index (χ3v) is 4.91. The monoisotopic (exact) mass is 469 g/mol. The van der Waals surface area contributed by atoms with E-state index in [-0.39, 0.29) is 17.2 Å². The molecule has 152 valence electrons. The first kappa shape index (κ1) is 19.8. The lowest BCUT2D eigenvalue weighted by molar-refractivity contribution is 0.0995. The van der Waals surface area contributed by atoms with Gasteiger partial charge in [0, 0.05) is 10.9 Å². The second-order valence-corrected chi connectivity index (χ2v) is 7.04. The highest BCUT2D eigenvalue weighted by atomic mass is 79.9. The van der Waals surface area contributed by atoms with Crippen LogP contribution in [-0.2, 0) is 0 Å². The Bertz CT molecular complexity index is 1260. The van der Waals surface area contributed by atoms with E-state index >= 15 is 0 Å². The predicted molar refractivity (Wildman–Crippen MR) is 114 cm³/mol. The number of amides is 1. The third kappa shape index (κ3) is 3.57. The fourth-order valence-electron chi connectivity index (χ4n) is 3.05. The highest BCUT2D eigenvalue weighted by Gasteiger charge is 2.25. The Hall–Kier alpha value is -3.52. The van der Waals surface area contributed by atoms with Crippen molar-refractivity contribution in [2.45, 2.75) is 0 Å². The quantitative estimate of drug-likeness (QED) is 0.385. The molecule has 0 bridgehead atoms. The van der Waals surface area contributed by atoms with Crippen molar-refractivity contribution in [3.8, 4) is 11.5 Å². The van der Waals surface area contributed by atoms with E-state index in [2.05, 4.69) is 21.2 Å². The number of furan rings is 2. The van der Waals surface area contributed by atoms with E-state index in [1.165, 1.54) is 20.3 Å². The fourth-order valence-corrected chi connectivity index (χ4v) is 3.36. The molecule has 0 saturated carbocycles. The first-order valence-corrected chi connectivity index (χ1v) is 9.66. The Labute approximate surface area is 179 Å². The van der Waals surface area contributed by atoms with Crippen LogP contribution in [0.5, 0.6) is 11.5 Å². The number of fused-ring (bicyclic) bond motifs is 1. The van der Waals surface area contributed by atoms with Crippen LogP contribution < -0.4 is 14.8 Å². The second kappa shape index (κ2) is 8.08. The molecule has 0 atom stereocenters. The summed E-state index contributed by atoms with van der Waals surface area (Å²) in [5, 5.41) is 3.34. The van der Waals surface area contributed by atoms with Crippen molar-refractivity contribution in [1.29, 1.82) is 0 Å². The molecule has 0 saturated heterocycles. The summed E-state index contributed by atoms with van der Waals surface area (Å²) in [6.07, 6.45) is 0. The number of anilines is 1. The lowest BCUT2D eigenvalue weighted by atomic mass is 10.1. The number of rotatable bonds is 6. The number of carbonyl (C=O) groups excluding carboxylic acids is 2. The number of nitrogens with one attached hydrogen (secondary N) is 1. The van der Waals surface area contributed by atoms with Gasteiger partial charge < -0.3 is 23.6 Å². The zero-order valence-corrected chi connectivity index (χ0v) is 17.6. The summed E-state index contributed by atoms with van der Waals surface area (Å²) in [6.45, 7) is 0. The molecule has 8 heteroatoms. The first-order chi connectivity index (χ1) is 14.5. The lowest BCUT2D eigenvalue weighted by Crippen LogP contribution is -2.13. The predicted octanol–water partition coefficient (Wildman–Crippen LogP) is 5.29. The normalized spacial score (nSPS) is 10.8. The largest absolute Gasteiger partial charge is 0.493 e. The summed E-state index contributed by atoms with van der Waals surface area (Å²) in [5.41, 5.74) is 1.06. The number of methoxy groups -OCH3 is 2. The molecule has 0 aliphatic rings. The molecule has 1 N–H and O–H groups in total. The molecule has 0 radical (unpaired) electrons. The van der Waals surface area contributed by atoms with E-state index in [9.17, 15) is 9.59 Å². The van der Waals surface area contributed by atoms with Crippen molar-refractivity contribution in [2.75, 3.05) is 19.5 Å². The molecule has 0 aliphatic carbocycles. The third-order valence-electron chi connectivity index (χ3n) is 4.48. The molecule has 0 unspecified atom stereocenters. The molecule has 4 rings (SSSR count). The molecule has 2 aromatic carbocycles. The minimum absolute atomic E-state index is 0.00221. The summed E-state index contributed by atoms with van der Waals surface area (Å²) in [6, 6.07) is 15.0. The Morgan fingerprint density at radius 2 is 1.70 bits per heavy atom. The van der Waals surface area contributed by atoms with Crippen molar-refractivity contribution >= 4 is 44.3 Å². The van der Waals surface area contributed by atoms with Crippen LogP contribution >= 0.6 is 15.9 Å². The van der Waals surface area contributed by atoms with Gasteiger partial charge in [-0.05, 0) is 58.4 Å². The van der Waals surface area contributed by atoms with E-state index in [1.807, 2.05) is 0 Å². The minimum Gasteiger partial charge on any atom is -0.493 e. The van der Waals surface area contributed by atoms with Gasteiger partial charge in [0.1, 0.15) is 5.58 Å². The molecule has 0 spiro atoms. The van der Waals surface area contributed by atoms with Crippen molar-refractivity contribution < 1.29 is 27.9 Å². The molecule has 0 aliphatic heterocycles. The highest BCUT2D eigenvalue weighted by Crippen LogP contribution is 2.35. The van der Waals surface area contributed by atoms with E-state index in [0.29, 0.717) is 32.7 Å². The van der Waals surface area contributed by atoms with Gasteiger partial charge in [0.2, 0.25) is 5.78 Å². The molecule has 1 amide bonds. The summed E-state index contributed by atoms with van der Waals surface area (Å²) in [7, 11) is 3.00. The summed E-state index contributed by atoms with van der Waals surface area (Å²) >= 11 is 3.17. The zero-order valence-electron chi connectivity index (χ0n) is 16.0. The topological polar surface area (TPSA) is 90.9 Å². The van der Waals surface area contributed by atoms with Crippen LogP contribution in [0.15, 0.2) is 68.1 Å². The second-order valence-electron chi connectivity index (χ2n) is 6.26. The number of carbonyl (C=O) groups is 2. The number of ketones is 1. The number of ether oxygens (including phenoxy) is 2. The Kier molecular flexibility index (Phi) is 5.33. The van der Waals surface area contributed by atoms with Crippen LogP contribution in [0, 0.1) is 0 Å². The lowest BCUT2D eigenvalue weighted by Gasteiger charge is -2.09.